The maximum Gasteiger partial charge on any atom is 0.170 e. The van der Waals surface area contributed by atoms with E-state index < -0.39 is 6.10 Å². The van der Waals surface area contributed by atoms with Gasteiger partial charge in [0, 0.05) is 7.11 Å². The average Bonchev–Trinajstić information content (AvgIpc) is 2.43. The summed E-state index contributed by atoms with van der Waals surface area (Å²) in [7, 11) is 1.46. The number of carbonyl (C=O) groups is 1. The summed E-state index contributed by atoms with van der Waals surface area (Å²) in [6.07, 6.45) is 1.64. The Hall–Kier alpha value is -1.09. The first-order chi connectivity index (χ1) is 4.88. The van der Waals surface area contributed by atoms with Crippen LogP contribution >= 0.6 is 0 Å². The molecule has 1 aromatic rings. The molecule has 0 saturated carbocycles. The number of rotatable bonds is 3. The number of hydrogen-bond donors (Lipinski definition) is 0. The quantitative estimate of drug-likeness (QED) is 0.591. The minimum absolute atomic E-state index is 0.539. The molecule has 0 radical (unpaired) electrons. The fourth-order valence-electron chi connectivity index (χ4n) is 0.692. The van der Waals surface area contributed by atoms with Crippen LogP contribution in [0.25, 0.3) is 0 Å². The third kappa shape index (κ3) is 1.25. The van der Waals surface area contributed by atoms with Crippen LogP contribution in [0.4, 0.5) is 0 Å². The summed E-state index contributed by atoms with van der Waals surface area (Å²) in [4.78, 5) is 10.2. The molecule has 0 bridgehead atoms. The lowest BCUT2D eigenvalue weighted by molar-refractivity contribution is -0.117. The third-order valence-corrected chi connectivity index (χ3v) is 1.20. The highest BCUT2D eigenvalue weighted by Gasteiger charge is 2.10. The summed E-state index contributed by atoms with van der Waals surface area (Å²) in [5, 5.41) is 0. The van der Waals surface area contributed by atoms with Gasteiger partial charge in [-0.15, -0.1) is 0 Å². The lowest BCUT2D eigenvalue weighted by Crippen LogP contribution is -2.00. The van der Waals surface area contributed by atoms with Crippen molar-refractivity contribution in [3.63, 3.8) is 0 Å². The van der Waals surface area contributed by atoms with Crippen molar-refractivity contribution in [2.75, 3.05) is 7.11 Å². The van der Waals surface area contributed by atoms with E-state index in [4.69, 9.17) is 9.15 Å². The predicted molar refractivity (Wildman–Crippen MR) is 34.5 cm³/mol. The van der Waals surface area contributed by atoms with E-state index in [9.17, 15) is 4.79 Å². The minimum atomic E-state index is -0.560. The molecule has 0 spiro atoms. The minimum Gasteiger partial charge on any atom is -0.466 e. The van der Waals surface area contributed by atoms with Crippen LogP contribution < -0.4 is 0 Å². The molecular formula is C7H8O3. The van der Waals surface area contributed by atoms with Crippen molar-refractivity contribution < 1.29 is 13.9 Å². The molecule has 1 rings (SSSR count). The van der Waals surface area contributed by atoms with Gasteiger partial charge in [-0.2, -0.15) is 0 Å². The van der Waals surface area contributed by atoms with E-state index in [1.165, 1.54) is 13.4 Å². The third-order valence-electron chi connectivity index (χ3n) is 1.20. The molecule has 1 unspecified atom stereocenters. The van der Waals surface area contributed by atoms with Crippen molar-refractivity contribution in [2.45, 2.75) is 6.10 Å². The highest BCUT2D eigenvalue weighted by atomic mass is 16.5. The van der Waals surface area contributed by atoms with Gasteiger partial charge in [-0.25, -0.2) is 0 Å². The van der Waals surface area contributed by atoms with Crippen LogP contribution in [0, 0.1) is 0 Å². The lowest BCUT2D eigenvalue weighted by Gasteiger charge is -2.01. The standard InChI is InChI=1S/C7H8O3/c1-9-7(5-8)6-3-2-4-10-6/h2-5,7H,1H3. The number of methoxy groups -OCH3 is 1. The number of hydrogen-bond acceptors (Lipinski definition) is 3. The van der Waals surface area contributed by atoms with Crippen molar-refractivity contribution in [2.24, 2.45) is 0 Å². The Morgan fingerprint density at radius 3 is 3.00 bits per heavy atom. The van der Waals surface area contributed by atoms with E-state index >= 15 is 0 Å². The lowest BCUT2D eigenvalue weighted by atomic mass is 10.3. The maximum absolute atomic E-state index is 10.2. The number of furan rings is 1. The summed E-state index contributed by atoms with van der Waals surface area (Å²) in [5.41, 5.74) is 0. The molecule has 0 amide bonds. The first-order valence-electron chi connectivity index (χ1n) is 2.90. The second-order valence-electron chi connectivity index (χ2n) is 1.81. The molecule has 10 heavy (non-hydrogen) atoms. The van der Waals surface area contributed by atoms with E-state index in [2.05, 4.69) is 0 Å². The Morgan fingerprint density at radius 2 is 2.60 bits per heavy atom. The number of ether oxygens (including phenoxy) is 1. The first kappa shape index (κ1) is 7.02. The van der Waals surface area contributed by atoms with Gasteiger partial charge in [0.1, 0.15) is 5.76 Å². The average molecular weight is 140 g/mol. The van der Waals surface area contributed by atoms with Gasteiger partial charge in [0.05, 0.1) is 6.26 Å². The molecule has 1 aromatic heterocycles. The zero-order chi connectivity index (χ0) is 7.40. The van der Waals surface area contributed by atoms with Gasteiger partial charge in [-0.1, -0.05) is 0 Å². The Labute approximate surface area is 58.6 Å². The summed E-state index contributed by atoms with van der Waals surface area (Å²) < 4.78 is 9.70. The molecular weight excluding hydrogens is 132 g/mol. The van der Waals surface area contributed by atoms with Gasteiger partial charge in [0.15, 0.2) is 12.4 Å². The molecule has 3 nitrogen and oxygen atoms in total. The Balaban J connectivity index is 2.73. The SMILES string of the molecule is COC(C=O)c1ccco1. The fourth-order valence-corrected chi connectivity index (χ4v) is 0.692. The highest BCUT2D eigenvalue weighted by Crippen LogP contribution is 2.13. The van der Waals surface area contributed by atoms with Gasteiger partial charge in [-0.05, 0) is 12.1 Å². The monoisotopic (exact) mass is 140 g/mol. The Bertz CT molecular complexity index is 191. The Morgan fingerprint density at radius 1 is 1.80 bits per heavy atom. The second kappa shape index (κ2) is 3.17. The van der Waals surface area contributed by atoms with Crippen molar-refractivity contribution in [3.05, 3.63) is 24.2 Å². The van der Waals surface area contributed by atoms with E-state index in [1.807, 2.05) is 0 Å². The highest BCUT2D eigenvalue weighted by molar-refractivity contribution is 5.58. The van der Waals surface area contributed by atoms with Crippen LogP contribution in [-0.4, -0.2) is 13.4 Å². The first-order valence-corrected chi connectivity index (χ1v) is 2.90. The van der Waals surface area contributed by atoms with Crippen LogP contribution in [0.5, 0.6) is 0 Å². The zero-order valence-corrected chi connectivity index (χ0v) is 5.61. The molecule has 3 heteroatoms. The van der Waals surface area contributed by atoms with Crippen molar-refractivity contribution in [1.82, 2.24) is 0 Å². The molecule has 54 valence electrons. The van der Waals surface area contributed by atoms with Gasteiger partial charge in [0.2, 0.25) is 0 Å². The molecule has 0 N–H and O–H groups in total. The smallest absolute Gasteiger partial charge is 0.170 e. The van der Waals surface area contributed by atoms with Crippen LogP contribution in [0.2, 0.25) is 0 Å². The number of aldehydes is 1. The molecule has 1 atom stereocenters. The molecule has 0 saturated heterocycles. The molecule has 0 aliphatic rings. The maximum atomic E-state index is 10.2. The Kier molecular flexibility index (Phi) is 2.23. The van der Waals surface area contributed by atoms with E-state index in [0.29, 0.717) is 12.0 Å². The van der Waals surface area contributed by atoms with Gasteiger partial charge < -0.3 is 9.15 Å². The summed E-state index contributed by atoms with van der Waals surface area (Å²) in [6.45, 7) is 0. The zero-order valence-electron chi connectivity index (χ0n) is 5.61. The molecule has 0 aliphatic heterocycles. The van der Waals surface area contributed by atoms with E-state index in [0.717, 1.165) is 0 Å². The van der Waals surface area contributed by atoms with Gasteiger partial charge in [0.25, 0.3) is 0 Å². The summed E-state index contributed by atoms with van der Waals surface area (Å²) >= 11 is 0. The normalized spacial score (nSPS) is 12.9. The van der Waals surface area contributed by atoms with Gasteiger partial charge in [-0.3, -0.25) is 4.79 Å². The van der Waals surface area contributed by atoms with E-state index in [-0.39, 0.29) is 0 Å². The van der Waals surface area contributed by atoms with Crippen molar-refractivity contribution in [3.8, 4) is 0 Å². The fraction of sp³-hybridized carbons (Fsp3) is 0.286. The predicted octanol–water partition coefficient (Wildman–Crippen LogP) is 1.17. The summed E-state index contributed by atoms with van der Waals surface area (Å²) in [6, 6.07) is 3.41. The molecule has 1 heterocycles. The van der Waals surface area contributed by atoms with Crippen molar-refractivity contribution >= 4 is 6.29 Å². The van der Waals surface area contributed by atoms with Gasteiger partial charge >= 0.3 is 0 Å². The largest absolute Gasteiger partial charge is 0.466 e. The second-order valence-corrected chi connectivity index (χ2v) is 1.81. The topological polar surface area (TPSA) is 39.4 Å². The molecule has 0 aliphatic carbocycles. The summed E-state index contributed by atoms with van der Waals surface area (Å²) in [5.74, 6) is 0.539. The van der Waals surface area contributed by atoms with E-state index in [1.54, 1.807) is 12.1 Å². The van der Waals surface area contributed by atoms with Crippen LogP contribution in [0.3, 0.4) is 0 Å². The van der Waals surface area contributed by atoms with Crippen LogP contribution in [0.15, 0.2) is 22.8 Å². The number of carbonyl (C=O) groups excluding carboxylic acids is 1. The van der Waals surface area contributed by atoms with Crippen LogP contribution in [0.1, 0.15) is 11.9 Å². The molecule has 0 fully saturated rings. The molecule has 0 aromatic carbocycles. The van der Waals surface area contributed by atoms with Crippen molar-refractivity contribution in [1.29, 1.82) is 0 Å². The van der Waals surface area contributed by atoms with Crippen LogP contribution in [-0.2, 0) is 9.53 Å².